The molecule has 0 heterocycles. The Morgan fingerprint density at radius 2 is 2.25 bits per heavy atom. The topological polar surface area (TPSA) is 29.1 Å². The highest BCUT2D eigenvalue weighted by molar-refractivity contribution is 5.81. The van der Waals surface area contributed by atoms with E-state index < -0.39 is 5.91 Å². The van der Waals surface area contributed by atoms with E-state index in [4.69, 9.17) is 0 Å². The van der Waals surface area contributed by atoms with Crippen LogP contribution in [-0.4, -0.2) is 5.91 Å². The zero-order valence-corrected chi connectivity index (χ0v) is 9.16. The minimum Gasteiger partial charge on any atom is -0.272 e. The average Bonchev–Trinajstić information content (AvgIpc) is 2.72. The van der Waals surface area contributed by atoms with Gasteiger partial charge in [0.2, 0.25) is 0 Å². The van der Waals surface area contributed by atoms with Crippen molar-refractivity contribution < 1.29 is 9.28 Å². The van der Waals surface area contributed by atoms with E-state index >= 15 is 0 Å². The zero-order chi connectivity index (χ0) is 11.5. The van der Waals surface area contributed by atoms with Gasteiger partial charge in [-0.2, -0.15) is 5.54 Å². The van der Waals surface area contributed by atoms with E-state index in [1.165, 1.54) is 16.7 Å². The van der Waals surface area contributed by atoms with E-state index in [1.54, 1.807) is 6.92 Å². The third-order valence-corrected chi connectivity index (χ3v) is 3.00. The quantitative estimate of drug-likeness (QED) is 0.778. The van der Waals surface area contributed by atoms with Crippen LogP contribution in [0.15, 0.2) is 30.3 Å². The molecule has 84 valence electrons. The van der Waals surface area contributed by atoms with E-state index in [9.17, 15) is 9.28 Å². The van der Waals surface area contributed by atoms with Crippen LogP contribution < -0.4 is 5.54 Å². The second kappa shape index (κ2) is 4.47. The van der Waals surface area contributed by atoms with Crippen LogP contribution in [0, 0.1) is 5.92 Å². The summed E-state index contributed by atoms with van der Waals surface area (Å²) < 4.78 is 12.0. The number of carbonyl (C=O) groups is 1. The molecule has 0 unspecified atom stereocenters. The van der Waals surface area contributed by atoms with Crippen LogP contribution in [0.2, 0.25) is 0 Å². The van der Waals surface area contributed by atoms with Gasteiger partial charge in [-0.25, -0.2) is 0 Å². The Labute approximate surface area is 94.1 Å². The van der Waals surface area contributed by atoms with Crippen molar-refractivity contribution in [1.29, 1.82) is 0 Å². The summed E-state index contributed by atoms with van der Waals surface area (Å²) >= 11 is 0. The molecule has 0 fully saturated rings. The predicted molar refractivity (Wildman–Crippen MR) is 61.2 cm³/mol. The predicted octanol–water partition coefficient (Wildman–Crippen LogP) is 2.65. The molecule has 2 rings (SSSR count). The molecule has 1 aliphatic rings. The molecule has 1 aliphatic carbocycles. The molecule has 0 spiro atoms. The normalized spacial score (nSPS) is 15.2. The fraction of sp³-hybridized carbons (Fsp3) is 0.308. The van der Waals surface area contributed by atoms with Gasteiger partial charge in [-0.1, -0.05) is 37.3 Å². The van der Waals surface area contributed by atoms with Gasteiger partial charge in [-0.15, -0.1) is 4.48 Å². The third kappa shape index (κ3) is 1.98. The molecular formula is C13H14FNO. The Morgan fingerprint density at radius 1 is 1.50 bits per heavy atom. The number of nitrogens with one attached hydrogen (secondary N) is 1. The molecule has 0 saturated carbocycles. The van der Waals surface area contributed by atoms with Gasteiger partial charge in [0.15, 0.2) is 0 Å². The summed E-state index contributed by atoms with van der Waals surface area (Å²) in [6.07, 6.45) is 3.62. The first kappa shape index (κ1) is 10.9. The van der Waals surface area contributed by atoms with Crippen LogP contribution in [-0.2, 0) is 11.2 Å². The number of amides is 1. The Hall–Kier alpha value is -1.64. The summed E-state index contributed by atoms with van der Waals surface area (Å²) in [5.41, 5.74) is 4.82. The number of hydrogen-bond donors (Lipinski definition) is 1. The van der Waals surface area contributed by atoms with Gasteiger partial charge < -0.3 is 0 Å². The largest absolute Gasteiger partial charge is 0.272 e. The first-order valence-corrected chi connectivity index (χ1v) is 5.40. The molecule has 1 atom stereocenters. The third-order valence-electron chi connectivity index (χ3n) is 3.00. The summed E-state index contributed by atoms with van der Waals surface area (Å²) in [6.45, 7) is 1.73. The van der Waals surface area contributed by atoms with Crippen molar-refractivity contribution in [2.24, 2.45) is 5.92 Å². The molecule has 1 aromatic carbocycles. The van der Waals surface area contributed by atoms with Crippen molar-refractivity contribution in [3.8, 4) is 0 Å². The molecule has 0 bridgehead atoms. The Bertz CT molecular complexity index is 439. The highest BCUT2D eigenvalue weighted by Gasteiger charge is 2.19. The molecule has 1 aromatic rings. The Balaban J connectivity index is 2.11. The number of halogens is 1. The van der Waals surface area contributed by atoms with Crippen molar-refractivity contribution in [2.45, 2.75) is 19.8 Å². The Morgan fingerprint density at radius 3 is 3.00 bits per heavy atom. The van der Waals surface area contributed by atoms with Gasteiger partial charge in [0.05, 0.1) is 0 Å². The van der Waals surface area contributed by atoms with Crippen LogP contribution in [0.3, 0.4) is 0 Å². The van der Waals surface area contributed by atoms with Crippen molar-refractivity contribution >= 4 is 11.5 Å². The lowest BCUT2D eigenvalue weighted by molar-refractivity contribution is -0.128. The Kier molecular flexibility index (Phi) is 3.04. The van der Waals surface area contributed by atoms with Gasteiger partial charge in [0, 0.05) is 5.92 Å². The maximum atomic E-state index is 12.0. The summed E-state index contributed by atoms with van der Waals surface area (Å²) in [4.78, 5) is 11.1. The van der Waals surface area contributed by atoms with Gasteiger partial charge in [0.25, 0.3) is 5.91 Å². The van der Waals surface area contributed by atoms with Gasteiger partial charge in [-0.05, 0) is 29.5 Å². The van der Waals surface area contributed by atoms with E-state index in [1.807, 2.05) is 18.2 Å². The lowest BCUT2D eigenvalue weighted by atomic mass is 9.96. The molecule has 0 saturated heterocycles. The van der Waals surface area contributed by atoms with Crippen molar-refractivity contribution in [3.63, 3.8) is 0 Å². The molecular weight excluding hydrogens is 205 g/mol. The maximum absolute atomic E-state index is 12.0. The zero-order valence-electron chi connectivity index (χ0n) is 9.16. The molecule has 3 heteroatoms. The molecule has 1 amide bonds. The number of carbonyl (C=O) groups excluding carboxylic acids is 1. The maximum Gasteiger partial charge on any atom is 0.250 e. The van der Waals surface area contributed by atoms with Crippen LogP contribution in [0.1, 0.15) is 24.5 Å². The van der Waals surface area contributed by atoms with Gasteiger partial charge in [-0.3, -0.25) is 4.79 Å². The molecule has 16 heavy (non-hydrogen) atoms. The summed E-state index contributed by atoms with van der Waals surface area (Å²) in [5.74, 6) is -0.882. The molecule has 0 aliphatic heterocycles. The first-order chi connectivity index (χ1) is 7.72. The first-order valence-electron chi connectivity index (χ1n) is 5.40. The summed E-state index contributed by atoms with van der Waals surface area (Å²) in [7, 11) is 0. The molecule has 2 nitrogen and oxygen atoms in total. The smallest absolute Gasteiger partial charge is 0.250 e. The fourth-order valence-electron chi connectivity index (χ4n) is 2.06. The molecule has 0 radical (unpaired) electrons. The monoisotopic (exact) mass is 219 g/mol. The number of hydrogen-bond acceptors (Lipinski definition) is 1. The average molecular weight is 219 g/mol. The van der Waals surface area contributed by atoms with Crippen LogP contribution in [0.4, 0.5) is 4.48 Å². The minimum absolute atomic E-state index is 0.331. The lowest BCUT2D eigenvalue weighted by Crippen LogP contribution is -2.22. The van der Waals surface area contributed by atoms with E-state index in [0.29, 0.717) is 6.42 Å². The van der Waals surface area contributed by atoms with Crippen LogP contribution in [0.5, 0.6) is 0 Å². The fourth-order valence-corrected chi connectivity index (χ4v) is 2.06. The summed E-state index contributed by atoms with van der Waals surface area (Å²) in [6, 6.07) is 8.12. The minimum atomic E-state index is -0.551. The van der Waals surface area contributed by atoms with Crippen LogP contribution >= 0.6 is 0 Å². The second-order valence-corrected chi connectivity index (χ2v) is 4.15. The van der Waals surface area contributed by atoms with Crippen LogP contribution in [0.25, 0.3) is 5.57 Å². The number of benzene rings is 1. The van der Waals surface area contributed by atoms with E-state index in [0.717, 1.165) is 12.0 Å². The molecule has 1 N–H and O–H groups in total. The summed E-state index contributed by atoms with van der Waals surface area (Å²) in [5, 5.41) is 0. The second-order valence-electron chi connectivity index (χ2n) is 4.15. The van der Waals surface area contributed by atoms with Gasteiger partial charge >= 0.3 is 0 Å². The number of fused-ring (bicyclic) bond motifs is 1. The van der Waals surface area contributed by atoms with Crippen molar-refractivity contribution in [2.75, 3.05) is 0 Å². The number of rotatable bonds is 3. The van der Waals surface area contributed by atoms with E-state index in [2.05, 4.69) is 12.1 Å². The van der Waals surface area contributed by atoms with E-state index in [-0.39, 0.29) is 5.92 Å². The SMILES string of the molecule is C[C@@H](CC1=CCc2ccccc21)C(=O)NF. The van der Waals surface area contributed by atoms with Crippen molar-refractivity contribution in [3.05, 3.63) is 41.5 Å². The van der Waals surface area contributed by atoms with Crippen molar-refractivity contribution in [1.82, 2.24) is 5.54 Å². The van der Waals surface area contributed by atoms with Gasteiger partial charge in [0.1, 0.15) is 0 Å². The number of allylic oxidation sites excluding steroid dienone is 2. The highest BCUT2D eigenvalue weighted by atomic mass is 19.2. The lowest BCUT2D eigenvalue weighted by Gasteiger charge is -2.10. The standard InChI is InChI=1S/C13H14FNO/c1-9(13(16)15-14)8-11-7-6-10-4-2-3-5-12(10)11/h2-5,7,9H,6,8H2,1H3,(H,15,16)/t9-/m0/s1. The molecule has 0 aromatic heterocycles. The highest BCUT2D eigenvalue weighted by Crippen LogP contribution is 2.31.